The van der Waals surface area contributed by atoms with Gasteiger partial charge in [-0.2, -0.15) is 4.39 Å². The second-order valence-electron chi connectivity index (χ2n) is 11.4. The lowest BCUT2D eigenvalue weighted by molar-refractivity contribution is -0.138. The molecule has 1 aliphatic rings. The van der Waals surface area contributed by atoms with E-state index in [0.29, 0.717) is 36.7 Å². The summed E-state index contributed by atoms with van der Waals surface area (Å²) in [4.78, 5) is 22.1. The summed E-state index contributed by atoms with van der Waals surface area (Å²) in [7, 11) is 0. The molecule has 0 bridgehead atoms. The minimum Gasteiger partial charge on any atom is -0.494 e. The van der Waals surface area contributed by atoms with Crippen LogP contribution in [0.25, 0.3) is 22.3 Å². The van der Waals surface area contributed by atoms with E-state index in [1.807, 2.05) is 66.7 Å². The predicted molar refractivity (Wildman–Crippen MR) is 176 cm³/mol. The fraction of sp³-hybridized carbons (Fsp3) is 0.316. The fourth-order valence-electron chi connectivity index (χ4n) is 5.61. The highest BCUT2D eigenvalue weighted by Crippen LogP contribution is 2.40. The van der Waals surface area contributed by atoms with E-state index < -0.39 is 18.5 Å². The van der Waals surface area contributed by atoms with Gasteiger partial charge in [-0.05, 0) is 102 Å². The molecule has 0 fully saturated rings. The van der Waals surface area contributed by atoms with Gasteiger partial charge < -0.3 is 29.2 Å². The van der Waals surface area contributed by atoms with Crippen LogP contribution in [0.1, 0.15) is 56.1 Å². The summed E-state index contributed by atoms with van der Waals surface area (Å²) in [5.41, 5.74) is 5.79. The van der Waals surface area contributed by atoms with Crippen LogP contribution in [0.4, 0.5) is 4.39 Å². The van der Waals surface area contributed by atoms with Crippen LogP contribution in [0, 0.1) is 0 Å². The topological polar surface area (TPSA) is 112 Å². The standard InChI is InChI=1S/C38H39FO8/c39-38-46-34-18-16-28(25-35(34)47-38)30-22-29(26-10-5-3-6-11-26)23-31(24-30)44-20-7-2-1-4-12-27-13-8-14-33(32(27)17-19-37(42)43)45-21-9-15-36(40)41/h3,5-6,8,10-11,13-14,16,18,22-25,38H,1-2,4,7,9,12,15,17,19-21H2,(H,40,41)(H,42,43). The van der Waals surface area contributed by atoms with Crippen LogP contribution < -0.4 is 18.9 Å². The quantitative estimate of drug-likeness (QED) is 0.104. The van der Waals surface area contributed by atoms with Crippen molar-refractivity contribution in [3.05, 3.63) is 96.1 Å². The van der Waals surface area contributed by atoms with Crippen LogP contribution in [0.15, 0.2) is 84.9 Å². The van der Waals surface area contributed by atoms with Gasteiger partial charge >= 0.3 is 18.5 Å². The van der Waals surface area contributed by atoms with Gasteiger partial charge in [0.2, 0.25) is 0 Å². The number of halogens is 1. The van der Waals surface area contributed by atoms with Crippen molar-refractivity contribution in [2.24, 2.45) is 0 Å². The Bertz CT molecular complexity index is 1660. The number of carbonyl (C=O) groups is 2. The van der Waals surface area contributed by atoms with E-state index >= 15 is 0 Å². The number of fused-ring (bicyclic) bond motifs is 1. The van der Waals surface area contributed by atoms with Crippen LogP contribution in [0.5, 0.6) is 23.0 Å². The average molecular weight is 643 g/mol. The number of carboxylic acids is 2. The third-order valence-corrected chi connectivity index (χ3v) is 7.95. The van der Waals surface area contributed by atoms with Gasteiger partial charge in [0.25, 0.3) is 0 Å². The first kappa shape index (κ1) is 33.3. The smallest absolute Gasteiger partial charge is 0.397 e. The monoisotopic (exact) mass is 642 g/mol. The first-order chi connectivity index (χ1) is 22.9. The molecule has 1 heterocycles. The zero-order valence-electron chi connectivity index (χ0n) is 26.2. The maximum Gasteiger partial charge on any atom is 0.397 e. The molecule has 1 aliphatic heterocycles. The first-order valence-electron chi connectivity index (χ1n) is 16.0. The van der Waals surface area contributed by atoms with Gasteiger partial charge in [0.15, 0.2) is 11.5 Å². The number of unbranched alkanes of at least 4 members (excludes halogenated alkanes) is 3. The summed E-state index contributed by atoms with van der Waals surface area (Å²) < 4.78 is 35.9. The second-order valence-corrected chi connectivity index (χ2v) is 11.4. The van der Waals surface area contributed by atoms with Gasteiger partial charge in [-0.25, -0.2) is 0 Å². The first-order valence-corrected chi connectivity index (χ1v) is 16.0. The minimum atomic E-state index is -1.80. The molecule has 0 saturated carbocycles. The maximum absolute atomic E-state index is 13.6. The number of hydrogen-bond donors (Lipinski definition) is 2. The van der Waals surface area contributed by atoms with Crippen molar-refractivity contribution >= 4 is 11.9 Å². The molecule has 8 nitrogen and oxygen atoms in total. The number of benzene rings is 4. The van der Waals surface area contributed by atoms with Crippen molar-refractivity contribution in [3.63, 3.8) is 0 Å². The van der Waals surface area contributed by atoms with Crippen LogP contribution in [0.2, 0.25) is 0 Å². The van der Waals surface area contributed by atoms with Crippen molar-refractivity contribution in [1.29, 1.82) is 0 Å². The molecule has 2 N–H and O–H groups in total. The van der Waals surface area contributed by atoms with Crippen molar-refractivity contribution in [2.45, 2.75) is 64.3 Å². The summed E-state index contributed by atoms with van der Waals surface area (Å²) in [5, 5.41) is 18.1. The van der Waals surface area contributed by atoms with Crippen LogP contribution in [0.3, 0.4) is 0 Å². The number of alkyl halides is 1. The summed E-state index contributed by atoms with van der Waals surface area (Å²) in [6, 6.07) is 27.2. The molecule has 246 valence electrons. The Kier molecular flexibility index (Phi) is 11.7. The van der Waals surface area contributed by atoms with Gasteiger partial charge in [0, 0.05) is 12.8 Å². The molecule has 1 atom stereocenters. The fourth-order valence-corrected chi connectivity index (χ4v) is 5.61. The summed E-state index contributed by atoms with van der Waals surface area (Å²) in [6.45, 7) is -0.983. The van der Waals surface area contributed by atoms with Crippen LogP contribution >= 0.6 is 0 Å². The Morgan fingerprint density at radius 1 is 0.638 bits per heavy atom. The molecule has 4 aromatic carbocycles. The highest BCUT2D eigenvalue weighted by molar-refractivity contribution is 5.76. The van der Waals surface area contributed by atoms with Gasteiger partial charge in [-0.3, -0.25) is 9.59 Å². The second kappa shape index (κ2) is 16.5. The van der Waals surface area contributed by atoms with Gasteiger partial charge in [0.1, 0.15) is 11.5 Å². The lowest BCUT2D eigenvalue weighted by Crippen LogP contribution is -2.09. The highest BCUT2D eigenvalue weighted by atomic mass is 19.2. The van der Waals surface area contributed by atoms with E-state index in [1.54, 1.807) is 12.1 Å². The number of aryl methyl sites for hydroxylation is 1. The van der Waals surface area contributed by atoms with Gasteiger partial charge in [-0.1, -0.05) is 61.4 Å². The van der Waals surface area contributed by atoms with Crippen LogP contribution in [-0.4, -0.2) is 41.9 Å². The Labute approximate surface area is 273 Å². The van der Waals surface area contributed by atoms with E-state index in [4.69, 9.17) is 24.1 Å². The predicted octanol–water partition coefficient (Wildman–Crippen LogP) is 8.49. The Hall–Kier alpha value is -5.05. The number of carboxylic acid groups (broad SMARTS) is 2. The van der Waals surface area contributed by atoms with E-state index in [2.05, 4.69) is 6.07 Å². The maximum atomic E-state index is 13.6. The van der Waals surface area contributed by atoms with Crippen molar-refractivity contribution in [1.82, 2.24) is 0 Å². The highest BCUT2D eigenvalue weighted by Gasteiger charge is 2.23. The van der Waals surface area contributed by atoms with Gasteiger partial charge in [-0.15, -0.1) is 0 Å². The summed E-state index contributed by atoms with van der Waals surface area (Å²) in [5.74, 6) is 0.375. The number of rotatable bonds is 18. The molecule has 0 aromatic heterocycles. The normalized spacial score (nSPS) is 13.3. The zero-order chi connectivity index (χ0) is 33.0. The number of aliphatic carboxylic acids is 2. The molecule has 4 aromatic rings. The largest absolute Gasteiger partial charge is 0.494 e. The minimum absolute atomic E-state index is 0.000222. The van der Waals surface area contributed by atoms with Gasteiger partial charge in [0.05, 0.1) is 13.2 Å². The third-order valence-electron chi connectivity index (χ3n) is 7.95. The Balaban J connectivity index is 1.16. The van der Waals surface area contributed by atoms with E-state index in [1.165, 1.54) is 0 Å². The van der Waals surface area contributed by atoms with Crippen molar-refractivity contribution < 1.29 is 43.1 Å². The molecular formula is C38H39FO8. The average Bonchev–Trinajstić information content (AvgIpc) is 3.45. The molecule has 9 heteroatoms. The van der Waals surface area contributed by atoms with Crippen LogP contribution in [-0.2, 0) is 22.4 Å². The van der Waals surface area contributed by atoms with E-state index in [0.717, 1.165) is 71.2 Å². The lowest BCUT2D eigenvalue weighted by Gasteiger charge is -2.15. The zero-order valence-corrected chi connectivity index (χ0v) is 26.2. The van der Waals surface area contributed by atoms with E-state index in [-0.39, 0.29) is 19.4 Å². The number of ether oxygens (including phenoxy) is 4. The molecule has 1 unspecified atom stereocenters. The van der Waals surface area contributed by atoms with Crippen molar-refractivity contribution in [3.8, 4) is 45.3 Å². The molecule has 47 heavy (non-hydrogen) atoms. The molecule has 0 aliphatic carbocycles. The molecule has 0 radical (unpaired) electrons. The molecule has 0 amide bonds. The Morgan fingerprint density at radius 3 is 2.15 bits per heavy atom. The van der Waals surface area contributed by atoms with Crippen molar-refractivity contribution in [2.75, 3.05) is 13.2 Å². The lowest BCUT2D eigenvalue weighted by atomic mass is 9.97. The summed E-state index contributed by atoms with van der Waals surface area (Å²) >= 11 is 0. The SMILES string of the molecule is O=C(O)CCCOc1cccc(CCCCCCOc2cc(-c3ccccc3)cc(-c3ccc4c(c3)OC(F)O4)c2)c1CCC(=O)O. The van der Waals surface area contributed by atoms with E-state index in [9.17, 15) is 19.1 Å². The third kappa shape index (κ3) is 9.72. The molecule has 0 saturated heterocycles. The summed E-state index contributed by atoms with van der Waals surface area (Å²) in [6.07, 6.45) is 5.31. The molecular weight excluding hydrogens is 603 g/mol. The Morgan fingerprint density at radius 2 is 1.36 bits per heavy atom. The number of hydrogen-bond acceptors (Lipinski definition) is 6. The molecule has 5 rings (SSSR count). The molecule has 0 spiro atoms.